The van der Waals surface area contributed by atoms with E-state index in [0.29, 0.717) is 19.3 Å². The molecule has 1 N–H and O–H groups in total. The largest absolute Gasteiger partial charge is 0.477 e. The van der Waals surface area contributed by atoms with Crippen LogP contribution in [0.1, 0.15) is 168 Å². The van der Waals surface area contributed by atoms with Gasteiger partial charge in [0.25, 0.3) is 0 Å². The van der Waals surface area contributed by atoms with Gasteiger partial charge in [0.2, 0.25) is 0 Å². The number of likely N-dealkylation sites (N-methyl/N-ethyl adjacent to an activating group) is 1. The maximum Gasteiger partial charge on any atom is 0.362 e. The molecule has 0 rings (SSSR count). The van der Waals surface area contributed by atoms with Gasteiger partial charge in [-0.05, 0) is 64.2 Å². The van der Waals surface area contributed by atoms with E-state index in [2.05, 4.69) is 68.5 Å². The Morgan fingerprint density at radius 1 is 0.564 bits per heavy atom. The first-order valence-corrected chi connectivity index (χ1v) is 21.8. The molecular formula is C47H82NO7+. The molecule has 8 heteroatoms. The van der Waals surface area contributed by atoms with Gasteiger partial charge in [-0.1, -0.05) is 145 Å². The van der Waals surface area contributed by atoms with E-state index < -0.39 is 18.1 Å². The molecule has 0 aliphatic heterocycles. The van der Waals surface area contributed by atoms with Crippen molar-refractivity contribution < 1.29 is 38.2 Å². The number of carboxylic acid groups (broad SMARTS) is 1. The first kappa shape index (κ1) is 52.0. The second kappa shape index (κ2) is 37.9. The number of unbranched alkanes of at least 4 members (excludes halogenated alkanes) is 14. The number of hydrogen-bond acceptors (Lipinski definition) is 6. The van der Waals surface area contributed by atoms with Crippen LogP contribution in [0.3, 0.4) is 0 Å². The molecule has 0 fully saturated rings. The van der Waals surface area contributed by atoms with Crippen molar-refractivity contribution in [1.29, 1.82) is 0 Å². The summed E-state index contributed by atoms with van der Waals surface area (Å²) in [4.78, 5) is 36.8. The Kier molecular flexibility index (Phi) is 35.9. The first-order valence-electron chi connectivity index (χ1n) is 21.8. The van der Waals surface area contributed by atoms with E-state index in [4.69, 9.17) is 14.2 Å². The fraction of sp³-hybridized carbons (Fsp3) is 0.723. The first-order chi connectivity index (χ1) is 26.6. The predicted molar refractivity (Wildman–Crippen MR) is 229 cm³/mol. The quantitative estimate of drug-likeness (QED) is 0.0289. The lowest BCUT2D eigenvalue weighted by Gasteiger charge is -2.31. The van der Waals surface area contributed by atoms with Gasteiger partial charge < -0.3 is 23.8 Å². The van der Waals surface area contributed by atoms with Gasteiger partial charge in [0, 0.05) is 19.3 Å². The average molecular weight is 773 g/mol. The summed E-state index contributed by atoms with van der Waals surface area (Å²) in [6.45, 7) is 4.52. The molecule has 316 valence electrons. The normalized spacial score (nSPS) is 13.5. The van der Waals surface area contributed by atoms with Crippen molar-refractivity contribution in [2.45, 2.75) is 180 Å². The maximum atomic E-state index is 12.6. The van der Waals surface area contributed by atoms with Crippen molar-refractivity contribution in [2.24, 2.45) is 0 Å². The summed E-state index contributed by atoms with van der Waals surface area (Å²) in [6, 6.07) is -0.620. The van der Waals surface area contributed by atoms with Crippen molar-refractivity contribution in [3.05, 3.63) is 60.8 Å². The number of carbonyl (C=O) groups excluding carboxylic acids is 2. The summed E-state index contributed by atoms with van der Waals surface area (Å²) >= 11 is 0. The summed E-state index contributed by atoms with van der Waals surface area (Å²) in [6.07, 6.45) is 45.8. The highest BCUT2D eigenvalue weighted by atomic mass is 16.6. The van der Waals surface area contributed by atoms with Crippen LogP contribution < -0.4 is 0 Å². The fourth-order valence-electron chi connectivity index (χ4n) is 6.04. The van der Waals surface area contributed by atoms with Gasteiger partial charge in [0.05, 0.1) is 34.4 Å². The van der Waals surface area contributed by atoms with Crippen LogP contribution in [-0.2, 0) is 28.6 Å². The topological polar surface area (TPSA) is 99.1 Å². The second-order valence-corrected chi connectivity index (χ2v) is 15.6. The van der Waals surface area contributed by atoms with Crippen LogP contribution in [0.15, 0.2) is 60.8 Å². The summed E-state index contributed by atoms with van der Waals surface area (Å²) < 4.78 is 17.1. The van der Waals surface area contributed by atoms with Crippen LogP contribution in [-0.4, -0.2) is 80.6 Å². The number of hydrogen-bond donors (Lipinski definition) is 1. The van der Waals surface area contributed by atoms with Gasteiger partial charge in [-0.2, -0.15) is 0 Å². The number of aliphatic carboxylic acids is 1. The predicted octanol–water partition coefficient (Wildman–Crippen LogP) is 11.8. The molecule has 0 amide bonds. The van der Waals surface area contributed by atoms with Crippen LogP contribution in [0.2, 0.25) is 0 Å². The molecule has 55 heavy (non-hydrogen) atoms. The molecule has 2 atom stereocenters. The van der Waals surface area contributed by atoms with Crippen molar-refractivity contribution >= 4 is 17.9 Å². The van der Waals surface area contributed by atoms with Crippen molar-refractivity contribution in [2.75, 3.05) is 41.0 Å². The monoisotopic (exact) mass is 773 g/mol. The van der Waals surface area contributed by atoms with Gasteiger partial charge in [-0.3, -0.25) is 9.59 Å². The van der Waals surface area contributed by atoms with Crippen molar-refractivity contribution in [3.63, 3.8) is 0 Å². The molecule has 2 unspecified atom stereocenters. The second-order valence-electron chi connectivity index (χ2n) is 15.6. The molecule has 0 radical (unpaired) electrons. The van der Waals surface area contributed by atoms with Crippen LogP contribution in [0.5, 0.6) is 0 Å². The highest BCUT2D eigenvalue weighted by Gasteiger charge is 2.31. The highest BCUT2D eigenvalue weighted by molar-refractivity contribution is 5.72. The Morgan fingerprint density at radius 3 is 1.60 bits per heavy atom. The fourth-order valence-corrected chi connectivity index (χ4v) is 6.04. The minimum Gasteiger partial charge on any atom is -0.477 e. The third kappa shape index (κ3) is 36.4. The van der Waals surface area contributed by atoms with E-state index in [1.807, 2.05) is 27.2 Å². The third-order valence-electron chi connectivity index (χ3n) is 9.41. The number of carbonyl (C=O) groups is 3. The maximum absolute atomic E-state index is 12.6. The lowest BCUT2D eigenvalue weighted by atomic mass is 10.1. The number of nitrogens with zero attached hydrogens (tertiary/aromatic N) is 1. The van der Waals surface area contributed by atoms with E-state index in [0.717, 1.165) is 57.8 Å². The molecule has 0 aromatic carbocycles. The van der Waals surface area contributed by atoms with E-state index >= 15 is 0 Å². The zero-order chi connectivity index (χ0) is 40.7. The van der Waals surface area contributed by atoms with Crippen LogP contribution in [0.4, 0.5) is 0 Å². The van der Waals surface area contributed by atoms with Gasteiger partial charge in [-0.25, -0.2) is 4.79 Å². The number of carboxylic acids is 1. The van der Waals surface area contributed by atoms with E-state index in [1.165, 1.54) is 70.6 Å². The van der Waals surface area contributed by atoms with Gasteiger partial charge in [0.1, 0.15) is 6.61 Å². The van der Waals surface area contributed by atoms with Gasteiger partial charge >= 0.3 is 17.9 Å². The van der Waals surface area contributed by atoms with Gasteiger partial charge in [-0.15, -0.1) is 0 Å². The minimum absolute atomic E-state index is 0.0427. The standard InChI is InChI=1S/C47H81NO7/c1-6-8-10-12-14-16-17-18-19-20-21-22-23-24-25-26-27-28-29-30-32-33-35-37-45(49)54-42-43(41-53-40-39-44(47(51)52)48(3,4)5)55-46(50)38-36-34-31-15-13-11-9-7-2/h8,10,14,16,18-19,21-22,31,34,43-44H,6-7,9,11-13,15,17,20,23-30,32-33,35-42H2,1-5H3/p+1/b10-8+,16-14+,19-18+,22-21+,34-31+. The minimum atomic E-state index is -0.883. The SMILES string of the molecule is CC/C=C/C/C=C/C/C=C/C/C=C/CCCCCCCCCCCCC(=O)OCC(COCCC(C(=O)O)[N+](C)(C)C)OC(=O)CC/C=C/CCCCCC. The lowest BCUT2D eigenvalue weighted by Crippen LogP contribution is -2.50. The van der Waals surface area contributed by atoms with E-state index in [9.17, 15) is 19.5 Å². The van der Waals surface area contributed by atoms with Crippen molar-refractivity contribution in [3.8, 4) is 0 Å². The Bertz CT molecular complexity index is 1090. The molecule has 8 nitrogen and oxygen atoms in total. The average Bonchev–Trinajstić information content (AvgIpc) is 3.14. The molecule has 0 bridgehead atoms. The summed E-state index contributed by atoms with van der Waals surface area (Å²) in [7, 11) is 5.50. The zero-order valence-electron chi connectivity index (χ0n) is 35.9. The number of ether oxygens (including phenoxy) is 3. The van der Waals surface area contributed by atoms with Crippen molar-refractivity contribution in [1.82, 2.24) is 0 Å². The number of quaternary nitrogens is 1. The smallest absolute Gasteiger partial charge is 0.362 e. The molecule has 0 heterocycles. The van der Waals surface area contributed by atoms with Gasteiger partial charge in [0.15, 0.2) is 12.1 Å². The van der Waals surface area contributed by atoms with E-state index in [1.54, 1.807) is 0 Å². The Labute approximate surface area is 337 Å². The Hall–Kier alpha value is -2.97. The molecule has 0 aromatic heterocycles. The summed E-state index contributed by atoms with van der Waals surface area (Å²) in [5.74, 6) is -1.54. The van der Waals surface area contributed by atoms with Crippen LogP contribution in [0, 0.1) is 0 Å². The number of esters is 2. The summed E-state index contributed by atoms with van der Waals surface area (Å²) in [5.41, 5.74) is 0. The molecule has 0 saturated carbocycles. The Morgan fingerprint density at radius 2 is 1.05 bits per heavy atom. The molecule has 0 spiro atoms. The lowest BCUT2D eigenvalue weighted by molar-refractivity contribution is -0.887. The summed E-state index contributed by atoms with van der Waals surface area (Å²) in [5, 5.41) is 9.59. The molecule has 0 saturated heterocycles. The van der Waals surface area contributed by atoms with Crippen LogP contribution in [0.25, 0.3) is 0 Å². The zero-order valence-corrected chi connectivity index (χ0v) is 35.9. The highest BCUT2D eigenvalue weighted by Crippen LogP contribution is 2.14. The van der Waals surface area contributed by atoms with Crippen LogP contribution >= 0.6 is 0 Å². The Balaban J connectivity index is 4.19. The molecular weight excluding hydrogens is 691 g/mol. The van der Waals surface area contributed by atoms with E-state index in [-0.39, 0.29) is 42.7 Å². The molecule has 0 aromatic rings. The number of rotatable bonds is 38. The third-order valence-corrected chi connectivity index (χ3v) is 9.41. The number of allylic oxidation sites excluding steroid dienone is 10. The molecule has 0 aliphatic rings. The molecule has 0 aliphatic carbocycles.